The van der Waals surface area contributed by atoms with E-state index in [2.05, 4.69) is 20.5 Å². The Balaban J connectivity index is 1.48. The number of nitrogens with zero attached hydrogens (tertiary/aromatic N) is 3. The molecule has 1 saturated heterocycles. The van der Waals surface area contributed by atoms with Crippen molar-refractivity contribution in [3.63, 3.8) is 0 Å². The lowest BCUT2D eigenvalue weighted by Crippen LogP contribution is -2.46. The van der Waals surface area contributed by atoms with Gasteiger partial charge in [0.25, 0.3) is 0 Å². The van der Waals surface area contributed by atoms with Crippen LogP contribution in [-0.2, 0) is 11.2 Å². The van der Waals surface area contributed by atoms with Gasteiger partial charge in [0, 0.05) is 52.7 Å². The Morgan fingerprint density at radius 1 is 1.32 bits per heavy atom. The van der Waals surface area contributed by atoms with Gasteiger partial charge in [0.05, 0.1) is 6.26 Å². The Morgan fingerprint density at radius 2 is 2.14 bits per heavy atom. The fourth-order valence-corrected chi connectivity index (χ4v) is 4.07. The van der Waals surface area contributed by atoms with Crippen molar-refractivity contribution in [1.29, 1.82) is 0 Å². The van der Waals surface area contributed by atoms with Gasteiger partial charge in [-0.25, -0.2) is 4.99 Å². The van der Waals surface area contributed by atoms with E-state index < -0.39 is 0 Å². The zero-order chi connectivity index (χ0) is 19.8. The van der Waals surface area contributed by atoms with Crippen LogP contribution in [0.25, 0.3) is 0 Å². The number of nitrogens with one attached hydrogen (secondary N) is 2. The van der Waals surface area contributed by atoms with Crippen LogP contribution in [0.5, 0.6) is 0 Å². The van der Waals surface area contributed by atoms with Gasteiger partial charge in [0.15, 0.2) is 5.96 Å². The Kier molecular flexibility index (Phi) is 7.77. The summed E-state index contributed by atoms with van der Waals surface area (Å²) in [5, 5.41) is 6.90. The van der Waals surface area contributed by atoms with Crippen molar-refractivity contribution >= 4 is 11.9 Å². The van der Waals surface area contributed by atoms with Gasteiger partial charge in [0.1, 0.15) is 12.3 Å². The highest BCUT2D eigenvalue weighted by atomic mass is 16.3. The number of aliphatic imine (C=N–C) groups is 1. The number of likely N-dealkylation sites (tertiary alicyclic amines) is 1. The minimum Gasteiger partial charge on any atom is -0.469 e. The van der Waals surface area contributed by atoms with Gasteiger partial charge in [-0.15, -0.1) is 0 Å². The first kappa shape index (κ1) is 20.7. The molecule has 156 valence electrons. The molecule has 1 aliphatic carbocycles. The predicted molar refractivity (Wildman–Crippen MR) is 111 cm³/mol. The van der Waals surface area contributed by atoms with Gasteiger partial charge < -0.3 is 24.9 Å². The van der Waals surface area contributed by atoms with Gasteiger partial charge in [0.2, 0.25) is 5.91 Å². The molecule has 28 heavy (non-hydrogen) atoms. The SMILES string of the molecule is CN(C)C(=O)CN=C(NCCc1ccco1)NC1CCN(CC2CCCC2)C1. The molecule has 2 fully saturated rings. The standard InChI is InChI=1S/C21H35N5O2/c1-25(2)20(27)14-23-21(22-11-9-19-8-5-13-28-19)24-18-10-12-26(16-18)15-17-6-3-4-7-17/h5,8,13,17-18H,3-4,6-7,9-12,14-16H2,1-2H3,(H2,22,23,24). The van der Waals surface area contributed by atoms with Crippen LogP contribution in [0.2, 0.25) is 0 Å². The highest BCUT2D eigenvalue weighted by Gasteiger charge is 2.26. The summed E-state index contributed by atoms with van der Waals surface area (Å²) in [6.07, 6.45) is 9.17. The predicted octanol–water partition coefficient (Wildman–Crippen LogP) is 1.71. The van der Waals surface area contributed by atoms with E-state index in [4.69, 9.17) is 4.42 Å². The molecule has 1 amide bonds. The number of likely N-dealkylation sites (N-methyl/N-ethyl adjacent to an activating group) is 1. The summed E-state index contributed by atoms with van der Waals surface area (Å²) in [5.41, 5.74) is 0. The minimum absolute atomic E-state index is 0.00131. The Morgan fingerprint density at radius 3 is 2.86 bits per heavy atom. The van der Waals surface area contributed by atoms with Gasteiger partial charge in [-0.05, 0) is 37.3 Å². The third-order valence-corrected chi connectivity index (χ3v) is 5.72. The summed E-state index contributed by atoms with van der Waals surface area (Å²) in [6, 6.07) is 4.25. The summed E-state index contributed by atoms with van der Waals surface area (Å²) in [6.45, 7) is 4.30. The van der Waals surface area contributed by atoms with Crippen LogP contribution < -0.4 is 10.6 Å². The Labute approximate surface area is 168 Å². The summed E-state index contributed by atoms with van der Waals surface area (Å²) >= 11 is 0. The maximum atomic E-state index is 11.9. The quantitative estimate of drug-likeness (QED) is 0.523. The molecule has 1 unspecified atom stereocenters. The largest absolute Gasteiger partial charge is 0.469 e. The molecule has 1 aromatic rings. The fourth-order valence-electron chi connectivity index (χ4n) is 4.07. The van der Waals surface area contributed by atoms with Crippen LogP contribution in [0.4, 0.5) is 0 Å². The molecule has 1 aliphatic heterocycles. The summed E-state index contributed by atoms with van der Waals surface area (Å²) in [7, 11) is 3.51. The second-order valence-electron chi connectivity index (χ2n) is 8.25. The Hall–Kier alpha value is -2.02. The highest BCUT2D eigenvalue weighted by Crippen LogP contribution is 2.26. The second kappa shape index (κ2) is 10.5. The van der Waals surface area contributed by atoms with Crippen molar-refractivity contribution in [2.75, 3.05) is 46.8 Å². The first-order chi connectivity index (χ1) is 13.6. The minimum atomic E-state index is 0.00131. The zero-order valence-corrected chi connectivity index (χ0v) is 17.3. The normalized spacial score (nSPS) is 21.2. The van der Waals surface area contributed by atoms with Gasteiger partial charge >= 0.3 is 0 Å². The second-order valence-corrected chi connectivity index (χ2v) is 8.25. The maximum Gasteiger partial charge on any atom is 0.243 e. The molecule has 7 nitrogen and oxygen atoms in total. The molecule has 2 aliphatic rings. The number of hydrogen-bond acceptors (Lipinski definition) is 4. The van der Waals surface area contributed by atoms with Crippen molar-refractivity contribution in [1.82, 2.24) is 20.4 Å². The molecule has 1 aromatic heterocycles. The van der Waals surface area contributed by atoms with Crippen molar-refractivity contribution in [3.05, 3.63) is 24.2 Å². The van der Waals surface area contributed by atoms with E-state index in [0.29, 0.717) is 12.6 Å². The monoisotopic (exact) mass is 389 g/mol. The molecule has 7 heteroatoms. The van der Waals surface area contributed by atoms with Crippen LogP contribution >= 0.6 is 0 Å². The first-order valence-corrected chi connectivity index (χ1v) is 10.6. The average Bonchev–Trinajstić information content (AvgIpc) is 3.43. The zero-order valence-electron chi connectivity index (χ0n) is 17.3. The number of guanidine groups is 1. The molecule has 0 radical (unpaired) electrons. The smallest absolute Gasteiger partial charge is 0.243 e. The molecule has 2 heterocycles. The number of rotatable bonds is 8. The number of carbonyl (C=O) groups is 1. The van der Waals surface area contributed by atoms with Gasteiger partial charge in [-0.3, -0.25) is 4.79 Å². The fraction of sp³-hybridized carbons (Fsp3) is 0.714. The van der Waals surface area contributed by atoms with Crippen molar-refractivity contribution < 1.29 is 9.21 Å². The van der Waals surface area contributed by atoms with Crippen molar-refractivity contribution in [2.45, 2.75) is 44.6 Å². The number of amides is 1. The molecular formula is C21H35N5O2. The van der Waals surface area contributed by atoms with E-state index in [1.54, 1.807) is 25.3 Å². The van der Waals surface area contributed by atoms with Crippen molar-refractivity contribution in [2.24, 2.45) is 10.9 Å². The summed E-state index contributed by atoms with van der Waals surface area (Å²) in [4.78, 5) is 20.6. The van der Waals surface area contributed by atoms with E-state index in [1.165, 1.54) is 32.2 Å². The Bertz CT molecular complexity index is 623. The van der Waals surface area contributed by atoms with E-state index >= 15 is 0 Å². The molecule has 0 bridgehead atoms. The highest BCUT2D eigenvalue weighted by molar-refractivity contribution is 5.85. The third kappa shape index (κ3) is 6.55. The number of furan rings is 1. The van der Waals surface area contributed by atoms with E-state index in [-0.39, 0.29) is 12.5 Å². The van der Waals surface area contributed by atoms with Crippen LogP contribution in [0.15, 0.2) is 27.8 Å². The average molecular weight is 390 g/mol. The molecule has 2 N–H and O–H groups in total. The molecular weight excluding hydrogens is 354 g/mol. The third-order valence-electron chi connectivity index (χ3n) is 5.72. The number of carbonyl (C=O) groups excluding carboxylic acids is 1. The molecule has 0 aromatic carbocycles. The lowest BCUT2D eigenvalue weighted by atomic mass is 10.1. The summed E-state index contributed by atoms with van der Waals surface area (Å²) in [5.74, 6) is 2.55. The van der Waals surface area contributed by atoms with Crippen LogP contribution in [0.1, 0.15) is 37.9 Å². The van der Waals surface area contributed by atoms with E-state index in [1.807, 2.05) is 12.1 Å². The van der Waals surface area contributed by atoms with Crippen LogP contribution in [0, 0.1) is 5.92 Å². The first-order valence-electron chi connectivity index (χ1n) is 10.6. The molecule has 1 atom stereocenters. The van der Waals surface area contributed by atoms with Crippen LogP contribution in [-0.4, -0.2) is 74.5 Å². The topological polar surface area (TPSA) is 73.1 Å². The van der Waals surface area contributed by atoms with E-state index in [0.717, 1.165) is 43.6 Å². The maximum absolute atomic E-state index is 11.9. The van der Waals surface area contributed by atoms with E-state index in [9.17, 15) is 4.79 Å². The van der Waals surface area contributed by atoms with Crippen LogP contribution in [0.3, 0.4) is 0 Å². The number of hydrogen-bond donors (Lipinski definition) is 2. The molecule has 3 rings (SSSR count). The van der Waals surface area contributed by atoms with Gasteiger partial charge in [-0.1, -0.05) is 12.8 Å². The lowest BCUT2D eigenvalue weighted by molar-refractivity contribution is -0.127. The summed E-state index contributed by atoms with van der Waals surface area (Å²) < 4.78 is 5.39. The molecule has 0 spiro atoms. The molecule has 1 saturated carbocycles. The van der Waals surface area contributed by atoms with Crippen molar-refractivity contribution in [3.8, 4) is 0 Å². The van der Waals surface area contributed by atoms with Gasteiger partial charge in [-0.2, -0.15) is 0 Å². The lowest BCUT2D eigenvalue weighted by Gasteiger charge is -2.21.